The van der Waals surface area contributed by atoms with Crippen LogP contribution in [0.25, 0.3) is 0 Å². The molecule has 0 amide bonds. The lowest BCUT2D eigenvalue weighted by atomic mass is 10.2. The topological polar surface area (TPSA) is 6.02 Å². The van der Waals surface area contributed by atoms with Gasteiger partial charge in [0.2, 0.25) is 0 Å². The molecular formula is C8H14F3N2+3. The highest BCUT2D eigenvalue weighted by Crippen LogP contribution is 2.24. The van der Waals surface area contributed by atoms with E-state index in [1.807, 2.05) is 0 Å². The Labute approximate surface area is 76.0 Å². The second kappa shape index (κ2) is 4.30. The Bertz CT molecular complexity index is 202. The Kier molecular flexibility index (Phi) is 3.97. The van der Waals surface area contributed by atoms with Crippen LogP contribution in [0.5, 0.6) is 0 Å². The van der Waals surface area contributed by atoms with Gasteiger partial charge >= 0.3 is 24.5 Å². The van der Waals surface area contributed by atoms with Crippen molar-refractivity contribution in [1.82, 2.24) is 0 Å². The van der Waals surface area contributed by atoms with Crippen molar-refractivity contribution in [2.75, 3.05) is 28.2 Å². The van der Waals surface area contributed by atoms with Gasteiger partial charge in [0.25, 0.3) is 0 Å². The molecule has 0 aliphatic rings. The molecule has 0 unspecified atom stereocenters. The Hall–Kier alpha value is -1.00. The highest BCUT2D eigenvalue weighted by atomic mass is 19.4. The van der Waals surface area contributed by atoms with Gasteiger partial charge in [-0.15, -0.1) is 13.2 Å². The van der Waals surface area contributed by atoms with Crippen molar-refractivity contribution < 1.29 is 22.3 Å². The molecule has 0 aromatic heterocycles. The molecule has 0 radical (unpaired) electrons. The predicted octanol–water partition coefficient (Wildman–Crippen LogP) is 0.809. The molecule has 0 atom stereocenters. The predicted molar refractivity (Wildman–Crippen MR) is 45.6 cm³/mol. The molecule has 0 aliphatic carbocycles. The first-order valence-electron chi connectivity index (χ1n) is 3.70. The van der Waals surface area contributed by atoms with E-state index in [2.05, 4.69) is 0 Å². The van der Waals surface area contributed by atoms with Crippen LogP contribution >= 0.6 is 0 Å². The first-order chi connectivity index (χ1) is 5.73. The van der Waals surface area contributed by atoms with Crippen LogP contribution in [0.15, 0.2) is 0 Å². The summed E-state index contributed by atoms with van der Waals surface area (Å²) in [5, 5.41) is 0. The quantitative estimate of drug-likeness (QED) is 0.349. The van der Waals surface area contributed by atoms with Gasteiger partial charge in [-0.3, -0.25) is 0 Å². The third-order valence-electron chi connectivity index (χ3n) is 1.12. The maximum Gasteiger partial charge on any atom is 0.575 e. The van der Waals surface area contributed by atoms with E-state index in [-0.39, 0.29) is 0 Å². The molecule has 0 aromatic carbocycles. The lowest BCUT2D eigenvalue weighted by Crippen LogP contribution is -2.28. The van der Waals surface area contributed by atoms with Crippen molar-refractivity contribution in [1.29, 1.82) is 0 Å². The van der Waals surface area contributed by atoms with E-state index in [9.17, 15) is 13.2 Å². The van der Waals surface area contributed by atoms with Gasteiger partial charge in [0.05, 0.1) is 0 Å². The fraction of sp³-hybridized carbons (Fsp3) is 0.625. The van der Waals surface area contributed by atoms with Crippen LogP contribution < -0.4 is 0 Å². The summed E-state index contributed by atoms with van der Waals surface area (Å²) in [4.78, 5) is 0. The summed E-state index contributed by atoms with van der Waals surface area (Å²) >= 11 is 0. The summed E-state index contributed by atoms with van der Waals surface area (Å²) in [6.07, 6.45) is -2.21. The third kappa shape index (κ3) is 5.27. The zero-order chi connectivity index (χ0) is 10.6. The van der Waals surface area contributed by atoms with Crippen LogP contribution in [0.4, 0.5) is 13.2 Å². The maximum absolute atomic E-state index is 12.3. The number of nitrogens with zero attached hydrogens (tertiary/aromatic N) is 2. The molecule has 0 saturated carbocycles. The number of halogens is 3. The van der Waals surface area contributed by atoms with E-state index < -0.39 is 12.1 Å². The molecule has 0 fully saturated rings. The maximum atomic E-state index is 12.3. The Morgan fingerprint density at radius 2 is 1.23 bits per heavy atom. The minimum atomic E-state index is -4.30. The summed E-state index contributed by atoms with van der Waals surface area (Å²) in [5.41, 5.74) is 0. The number of hydrogen-bond acceptors (Lipinski definition) is 0. The zero-order valence-corrected chi connectivity index (χ0v) is 8.18. The van der Waals surface area contributed by atoms with Crippen molar-refractivity contribution in [3.8, 4) is 0 Å². The second-order valence-corrected chi connectivity index (χ2v) is 3.14. The number of alkyl halides is 3. The Morgan fingerprint density at radius 3 is 1.38 bits per heavy atom. The smallest absolute Gasteiger partial charge is 0.204 e. The van der Waals surface area contributed by atoms with Gasteiger partial charge < -0.3 is 0 Å². The SMILES string of the molecule is C[N+](C)=C[C+](C=[N+](C)C)C(F)(F)F. The lowest BCUT2D eigenvalue weighted by molar-refractivity contribution is -0.465. The average molecular weight is 195 g/mol. The monoisotopic (exact) mass is 195 g/mol. The van der Waals surface area contributed by atoms with Crippen molar-refractivity contribution in [3.63, 3.8) is 0 Å². The fourth-order valence-corrected chi connectivity index (χ4v) is 0.736. The summed E-state index contributed by atoms with van der Waals surface area (Å²) in [5.74, 6) is -0.664. The normalized spacial score (nSPS) is 10.7. The molecule has 0 rings (SSSR count). The molecular weight excluding hydrogens is 181 g/mol. The fourth-order valence-electron chi connectivity index (χ4n) is 0.736. The molecule has 5 heteroatoms. The van der Waals surface area contributed by atoms with Crippen LogP contribution in [0.2, 0.25) is 0 Å². The molecule has 0 aliphatic heterocycles. The average Bonchev–Trinajstić information content (AvgIpc) is 1.81. The largest absolute Gasteiger partial charge is 0.575 e. The minimum Gasteiger partial charge on any atom is -0.204 e. The van der Waals surface area contributed by atoms with Crippen LogP contribution in [-0.4, -0.2) is 55.9 Å². The van der Waals surface area contributed by atoms with Crippen molar-refractivity contribution in [2.45, 2.75) is 6.18 Å². The van der Waals surface area contributed by atoms with Gasteiger partial charge in [0.1, 0.15) is 28.2 Å². The van der Waals surface area contributed by atoms with E-state index in [0.717, 1.165) is 12.4 Å². The van der Waals surface area contributed by atoms with E-state index in [4.69, 9.17) is 0 Å². The van der Waals surface area contributed by atoms with E-state index in [1.165, 1.54) is 9.15 Å². The summed E-state index contributed by atoms with van der Waals surface area (Å²) in [7, 11) is 6.20. The Morgan fingerprint density at radius 1 is 0.923 bits per heavy atom. The van der Waals surface area contributed by atoms with Crippen LogP contribution in [0.3, 0.4) is 0 Å². The second-order valence-electron chi connectivity index (χ2n) is 3.14. The van der Waals surface area contributed by atoms with Crippen molar-refractivity contribution in [2.24, 2.45) is 0 Å². The standard InChI is InChI=1S/C8H14F3N2/c1-12(2)5-7(6-13(3)4)8(9,10)11/h5-6H,1-4H3/q+3. The number of hydrogen-bond donors (Lipinski definition) is 0. The zero-order valence-electron chi connectivity index (χ0n) is 8.18. The lowest BCUT2D eigenvalue weighted by Gasteiger charge is -1.95. The number of rotatable bonds is 2. The van der Waals surface area contributed by atoms with Crippen LogP contribution in [0.1, 0.15) is 0 Å². The molecule has 0 aromatic rings. The Balaban J connectivity index is 4.79. The van der Waals surface area contributed by atoms with Gasteiger partial charge in [-0.1, -0.05) is 0 Å². The molecule has 0 saturated heterocycles. The summed E-state index contributed by atoms with van der Waals surface area (Å²) in [6.45, 7) is 0. The molecule has 0 bridgehead atoms. The van der Waals surface area contributed by atoms with E-state index in [0.29, 0.717) is 0 Å². The van der Waals surface area contributed by atoms with Crippen molar-refractivity contribution in [3.05, 3.63) is 5.92 Å². The highest BCUT2D eigenvalue weighted by molar-refractivity contribution is 5.96. The summed E-state index contributed by atoms with van der Waals surface area (Å²) < 4.78 is 39.6. The first kappa shape index (κ1) is 12.0. The van der Waals surface area contributed by atoms with Gasteiger partial charge in [-0.05, 0) is 0 Å². The van der Waals surface area contributed by atoms with Crippen LogP contribution in [0, 0.1) is 5.92 Å². The molecule has 0 spiro atoms. The molecule has 13 heavy (non-hydrogen) atoms. The van der Waals surface area contributed by atoms with Gasteiger partial charge in [-0.2, -0.15) is 0 Å². The summed E-state index contributed by atoms with van der Waals surface area (Å²) in [6, 6.07) is 0. The molecule has 2 nitrogen and oxygen atoms in total. The highest BCUT2D eigenvalue weighted by Gasteiger charge is 2.57. The van der Waals surface area contributed by atoms with E-state index in [1.54, 1.807) is 28.2 Å². The van der Waals surface area contributed by atoms with Gasteiger partial charge in [0, 0.05) is 0 Å². The first-order valence-corrected chi connectivity index (χ1v) is 3.70. The van der Waals surface area contributed by atoms with Gasteiger partial charge in [-0.25, -0.2) is 9.15 Å². The molecule has 74 valence electrons. The van der Waals surface area contributed by atoms with Crippen LogP contribution in [-0.2, 0) is 0 Å². The minimum absolute atomic E-state index is 0.664. The molecule has 0 N–H and O–H groups in total. The van der Waals surface area contributed by atoms with Gasteiger partial charge in [0.15, 0.2) is 0 Å². The third-order valence-corrected chi connectivity index (χ3v) is 1.12. The van der Waals surface area contributed by atoms with E-state index >= 15 is 0 Å². The molecule has 0 heterocycles. The van der Waals surface area contributed by atoms with Crippen molar-refractivity contribution >= 4 is 12.4 Å².